The predicted molar refractivity (Wildman–Crippen MR) is 75.5 cm³/mol. The Bertz CT molecular complexity index is 672. The molecule has 1 fully saturated rings. The van der Waals surface area contributed by atoms with Gasteiger partial charge in [0.15, 0.2) is 9.84 Å². The van der Waals surface area contributed by atoms with Crippen molar-refractivity contribution in [2.24, 2.45) is 0 Å². The molecule has 1 aromatic rings. The molecule has 0 spiro atoms. The summed E-state index contributed by atoms with van der Waals surface area (Å²) < 4.78 is 49.5. The van der Waals surface area contributed by atoms with Gasteiger partial charge in [-0.15, -0.1) is 0 Å². The normalized spacial score (nSPS) is 22.3. The fraction of sp³-hybridized carbons (Fsp3) is 0.500. The van der Waals surface area contributed by atoms with E-state index in [0.717, 1.165) is 11.1 Å². The van der Waals surface area contributed by atoms with Gasteiger partial charge in [0.2, 0.25) is 10.0 Å². The van der Waals surface area contributed by atoms with E-state index >= 15 is 0 Å². The van der Waals surface area contributed by atoms with Crippen molar-refractivity contribution in [3.63, 3.8) is 0 Å². The summed E-state index contributed by atoms with van der Waals surface area (Å²) >= 11 is 0. The molecule has 2 rings (SSSR count). The predicted octanol–water partition coefficient (Wildman–Crippen LogP) is 1.23. The van der Waals surface area contributed by atoms with Crippen molar-refractivity contribution in [2.45, 2.75) is 25.5 Å². The molecule has 1 unspecified atom stereocenters. The number of hydrogen-bond donors (Lipinski definition) is 1. The molecule has 0 aromatic heterocycles. The first kappa shape index (κ1) is 14.3. The van der Waals surface area contributed by atoms with E-state index < -0.39 is 25.1 Å². The molecule has 1 N–H and O–H groups in total. The fourth-order valence-corrected chi connectivity index (χ4v) is 6.36. The molecule has 0 aliphatic carbocycles. The summed E-state index contributed by atoms with van der Waals surface area (Å²) in [4.78, 5) is 0. The number of benzene rings is 1. The Balaban J connectivity index is 2.22. The molecule has 19 heavy (non-hydrogen) atoms. The van der Waals surface area contributed by atoms with Crippen LogP contribution in [0.1, 0.15) is 17.5 Å². The van der Waals surface area contributed by atoms with Gasteiger partial charge in [-0.05, 0) is 43.5 Å². The number of nitrogens with one attached hydrogen (secondary N) is 1. The van der Waals surface area contributed by atoms with Crippen LogP contribution >= 0.6 is 0 Å². The molecule has 0 amide bonds. The Morgan fingerprint density at radius 2 is 1.74 bits per heavy atom. The minimum absolute atomic E-state index is 0.0502. The minimum Gasteiger partial charge on any atom is -0.283 e. The van der Waals surface area contributed by atoms with Gasteiger partial charge < -0.3 is 0 Å². The van der Waals surface area contributed by atoms with E-state index in [1.54, 1.807) is 12.1 Å². The van der Waals surface area contributed by atoms with Crippen molar-refractivity contribution in [2.75, 3.05) is 16.2 Å². The van der Waals surface area contributed by atoms with E-state index in [-0.39, 0.29) is 17.9 Å². The molecule has 106 valence electrons. The molecular formula is C12H17NO4S2. The zero-order valence-corrected chi connectivity index (χ0v) is 12.5. The smallest absolute Gasteiger partial charge is 0.236 e. The topological polar surface area (TPSA) is 80.3 Å². The molecule has 0 saturated carbocycles. The van der Waals surface area contributed by atoms with Crippen LogP contribution in [-0.2, 0) is 19.9 Å². The second-order valence-electron chi connectivity index (χ2n) is 5.05. The lowest BCUT2D eigenvalue weighted by Gasteiger charge is -2.13. The summed E-state index contributed by atoms with van der Waals surface area (Å²) in [6.07, 6.45) is 0.169. The number of anilines is 1. The van der Waals surface area contributed by atoms with Gasteiger partial charge >= 0.3 is 0 Å². The molecule has 5 nitrogen and oxygen atoms in total. The minimum atomic E-state index is -3.65. The highest BCUT2D eigenvalue weighted by Crippen LogP contribution is 2.22. The van der Waals surface area contributed by atoms with Crippen LogP contribution < -0.4 is 4.72 Å². The number of rotatable bonds is 3. The van der Waals surface area contributed by atoms with Crippen LogP contribution in [0.4, 0.5) is 5.69 Å². The van der Waals surface area contributed by atoms with Crippen LogP contribution in [0, 0.1) is 13.8 Å². The van der Waals surface area contributed by atoms with Gasteiger partial charge in [-0.25, -0.2) is 16.8 Å². The van der Waals surface area contributed by atoms with Gasteiger partial charge in [0.1, 0.15) is 0 Å². The van der Waals surface area contributed by atoms with Gasteiger partial charge in [-0.2, -0.15) is 0 Å². The molecule has 0 bridgehead atoms. The van der Waals surface area contributed by atoms with Crippen molar-refractivity contribution >= 4 is 25.5 Å². The summed E-state index contributed by atoms with van der Waals surface area (Å²) in [7, 11) is -6.85. The standard InChI is InChI=1S/C12H17NO4S2/c1-9-5-10(2)7-11(6-9)13-19(16,17)12-3-4-18(14,15)8-12/h5-7,12-13H,3-4,8H2,1-2H3. The molecule has 1 aliphatic heterocycles. The maximum Gasteiger partial charge on any atom is 0.236 e. The van der Waals surface area contributed by atoms with Crippen LogP contribution in [-0.4, -0.2) is 33.6 Å². The lowest BCUT2D eigenvalue weighted by molar-refractivity contribution is 0.587. The van der Waals surface area contributed by atoms with Gasteiger partial charge in [0, 0.05) is 5.69 Å². The summed E-state index contributed by atoms with van der Waals surface area (Å²) in [5, 5.41) is -0.849. The highest BCUT2D eigenvalue weighted by molar-refractivity contribution is 7.97. The van der Waals surface area contributed by atoms with Gasteiger partial charge in [-0.3, -0.25) is 4.72 Å². The first-order valence-corrected chi connectivity index (χ1v) is 9.35. The highest BCUT2D eigenvalue weighted by atomic mass is 32.2. The molecule has 1 atom stereocenters. The molecular weight excluding hydrogens is 286 g/mol. The van der Waals surface area contributed by atoms with Crippen LogP contribution in [0.2, 0.25) is 0 Å². The fourth-order valence-electron chi connectivity index (χ4n) is 2.29. The number of sulfonamides is 1. The Morgan fingerprint density at radius 3 is 2.21 bits per heavy atom. The van der Waals surface area contributed by atoms with E-state index in [2.05, 4.69) is 4.72 Å². The second kappa shape index (κ2) is 4.79. The molecule has 1 heterocycles. The maximum absolute atomic E-state index is 12.1. The zero-order chi connectivity index (χ0) is 14.3. The van der Waals surface area contributed by atoms with Gasteiger partial charge in [0.05, 0.1) is 16.8 Å². The van der Waals surface area contributed by atoms with Crippen LogP contribution in [0.3, 0.4) is 0 Å². The SMILES string of the molecule is Cc1cc(C)cc(NS(=O)(=O)C2CCS(=O)(=O)C2)c1. The van der Waals surface area contributed by atoms with Gasteiger partial charge in [-0.1, -0.05) is 6.07 Å². The van der Waals surface area contributed by atoms with Crippen molar-refractivity contribution in [1.29, 1.82) is 0 Å². The van der Waals surface area contributed by atoms with Crippen molar-refractivity contribution in [3.05, 3.63) is 29.3 Å². The first-order valence-electron chi connectivity index (χ1n) is 5.98. The highest BCUT2D eigenvalue weighted by Gasteiger charge is 2.37. The van der Waals surface area contributed by atoms with Crippen molar-refractivity contribution in [3.8, 4) is 0 Å². The van der Waals surface area contributed by atoms with E-state index in [9.17, 15) is 16.8 Å². The average molecular weight is 303 g/mol. The summed E-state index contributed by atoms with van der Waals surface area (Å²) in [6, 6.07) is 5.40. The Labute approximate surface area is 114 Å². The van der Waals surface area contributed by atoms with Crippen LogP contribution in [0.25, 0.3) is 0 Å². The molecule has 7 heteroatoms. The quantitative estimate of drug-likeness (QED) is 0.911. The third-order valence-electron chi connectivity index (χ3n) is 3.11. The molecule has 1 aromatic carbocycles. The summed E-state index contributed by atoms with van der Waals surface area (Å²) in [5.74, 6) is -0.335. The lowest BCUT2D eigenvalue weighted by Crippen LogP contribution is -2.28. The molecule has 0 radical (unpaired) electrons. The van der Waals surface area contributed by atoms with E-state index in [0.29, 0.717) is 5.69 Å². The number of hydrogen-bond acceptors (Lipinski definition) is 4. The van der Waals surface area contributed by atoms with Crippen LogP contribution in [0.15, 0.2) is 18.2 Å². The molecule has 1 saturated heterocycles. The second-order valence-corrected chi connectivity index (χ2v) is 9.24. The monoisotopic (exact) mass is 303 g/mol. The number of sulfone groups is 1. The summed E-state index contributed by atoms with van der Waals surface area (Å²) in [6.45, 7) is 3.76. The van der Waals surface area contributed by atoms with Crippen LogP contribution in [0.5, 0.6) is 0 Å². The van der Waals surface area contributed by atoms with E-state index in [4.69, 9.17) is 0 Å². The van der Waals surface area contributed by atoms with Gasteiger partial charge in [0.25, 0.3) is 0 Å². The zero-order valence-electron chi connectivity index (χ0n) is 10.9. The van der Waals surface area contributed by atoms with Crippen molar-refractivity contribution in [1.82, 2.24) is 0 Å². The Morgan fingerprint density at radius 1 is 1.16 bits per heavy atom. The Hall–Kier alpha value is -1.08. The number of aryl methyl sites for hydroxylation is 2. The third kappa shape index (κ3) is 3.48. The maximum atomic E-state index is 12.1. The lowest BCUT2D eigenvalue weighted by atomic mass is 10.1. The summed E-state index contributed by atoms with van der Waals surface area (Å²) in [5.41, 5.74) is 2.40. The Kier molecular flexibility index (Phi) is 3.61. The third-order valence-corrected chi connectivity index (χ3v) is 6.89. The molecule has 1 aliphatic rings. The average Bonchev–Trinajstić information content (AvgIpc) is 2.57. The first-order chi connectivity index (χ1) is 8.68. The van der Waals surface area contributed by atoms with Crippen molar-refractivity contribution < 1.29 is 16.8 Å². The van der Waals surface area contributed by atoms with E-state index in [1.165, 1.54) is 0 Å². The largest absolute Gasteiger partial charge is 0.283 e. The van der Waals surface area contributed by atoms with E-state index in [1.807, 2.05) is 19.9 Å².